The molecule has 3 rings (SSSR count). The summed E-state index contributed by atoms with van der Waals surface area (Å²) in [5, 5.41) is 0. The molecule has 2 aliphatic rings. The van der Waals surface area contributed by atoms with Crippen LogP contribution < -0.4 is 5.73 Å². The van der Waals surface area contributed by atoms with Crippen molar-refractivity contribution in [1.29, 1.82) is 0 Å². The molecule has 0 radical (unpaired) electrons. The molecule has 0 spiro atoms. The Morgan fingerprint density at radius 3 is 2.54 bits per heavy atom. The molecule has 156 valence electrons. The first kappa shape index (κ1) is 21.3. The molecule has 0 unspecified atom stereocenters. The van der Waals surface area contributed by atoms with E-state index in [0.29, 0.717) is 17.9 Å². The van der Waals surface area contributed by atoms with Crippen LogP contribution in [0.25, 0.3) is 0 Å². The van der Waals surface area contributed by atoms with Gasteiger partial charge in [0.05, 0.1) is 0 Å². The molecular weight excluding hydrogens is 348 g/mol. The molecular formula is C24H38N2O2. The van der Waals surface area contributed by atoms with E-state index in [1.54, 1.807) is 0 Å². The summed E-state index contributed by atoms with van der Waals surface area (Å²) in [4.78, 5) is 15.2. The van der Waals surface area contributed by atoms with E-state index in [2.05, 4.69) is 44.7 Å². The van der Waals surface area contributed by atoms with Gasteiger partial charge >= 0.3 is 5.97 Å². The molecule has 1 aromatic carbocycles. The highest BCUT2D eigenvalue weighted by Crippen LogP contribution is 2.42. The number of aryl methyl sites for hydroxylation is 2. The average Bonchev–Trinajstić information content (AvgIpc) is 2.62. The zero-order valence-corrected chi connectivity index (χ0v) is 18.5. The van der Waals surface area contributed by atoms with Gasteiger partial charge < -0.3 is 10.5 Å². The van der Waals surface area contributed by atoms with Gasteiger partial charge in [0.25, 0.3) is 0 Å². The lowest BCUT2D eigenvalue weighted by atomic mass is 9.78. The minimum atomic E-state index is -0.540. The first-order chi connectivity index (χ1) is 13.2. The quantitative estimate of drug-likeness (QED) is 0.772. The van der Waals surface area contributed by atoms with E-state index in [4.69, 9.17) is 10.5 Å². The van der Waals surface area contributed by atoms with Crippen LogP contribution in [0.1, 0.15) is 68.8 Å². The maximum absolute atomic E-state index is 12.6. The number of nitrogens with zero attached hydrogens (tertiary/aromatic N) is 1. The largest absolute Gasteiger partial charge is 0.461 e. The molecule has 0 amide bonds. The maximum atomic E-state index is 12.6. The van der Waals surface area contributed by atoms with Crippen molar-refractivity contribution in [3.63, 3.8) is 0 Å². The molecule has 0 saturated carbocycles. The van der Waals surface area contributed by atoms with Crippen molar-refractivity contribution in [1.82, 2.24) is 4.90 Å². The predicted octanol–water partition coefficient (Wildman–Crippen LogP) is 4.16. The second-order valence-corrected chi connectivity index (χ2v) is 9.77. The third-order valence-electron chi connectivity index (χ3n) is 6.71. The summed E-state index contributed by atoms with van der Waals surface area (Å²) in [7, 11) is 0. The number of benzene rings is 1. The van der Waals surface area contributed by atoms with E-state index in [-0.39, 0.29) is 18.0 Å². The second kappa shape index (κ2) is 8.54. The predicted molar refractivity (Wildman–Crippen MR) is 114 cm³/mol. The summed E-state index contributed by atoms with van der Waals surface area (Å²) in [5.41, 5.74) is 11.7. The maximum Gasteiger partial charge on any atom is 0.323 e. The second-order valence-electron chi connectivity index (χ2n) is 9.77. The first-order valence-electron chi connectivity index (χ1n) is 11.0. The Morgan fingerprint density at radius 2 is 1.89 bits per heavy atom. The number of fused-ring (bicyclic) bond motifs is 3. The normalized spacial score (nSPS) is 26.1. The van der Waals surface area contributed by atoms with Gasteiger partial charge in [0.2, 0.25) is 0 Å². The Labute approximate surface area is 170 Å². The SMILES string of the molecule is Cc1cc2c(cc1C)[C@H]1C[C@@H](OC(=O)[C@@H](N)C(C)C)[C@H](CC(C)C)CN1CC2. The Hall–Kier alpha value is -1.39. The molecule has 2 N–H and O–H groups in total. The zero-order chi connectivity index (χ0) is 20.6. The Balaban J connectivity index is 1.85. The standard InChI is InChI=1S/C24H38N2O2/c1-14(2)9-19-13-26-8-7-18-10-16(5)17(6)11-20(18)21(26)12-22(19)28-24(27)23(25)15(3)4/h10-11,14-15,19,21-23H,7-9,12-13,25H2,1-6H3/t19-,21-,22-,23+/m1/s1. The van der Waals surface area contributed by atoms with Crippen LogP contribution in [0.15, 0.2) is 12.1 Å². The lowest BCUT2D eigenvalue weighted by Crippen LogP contribution is -2.51. The van der Waals surface area contributed by atoms with Crippen LogP contribution in [0, 0.1) is 31.6 Å². The van der Waals surface area contributed by atoms with Crippen molar-refractivity contribution in [2.75, 3.05) is 13.1 Å². The van der Waals surface area contributed by atoms with Gasteiger partial charge in [-0.1, -0.05) is 39.8 Å². The number of ether oxygens (including phenoxy) is 1. The summed E-state index contributed by atoms with van der Waals surface area (Å²) >= 11 is 0. The summed E-state index contributed by atoms with van der Waals surface area (Å²) in [6.07, 6.45) is 3.03. The Bertz CT molecular complexity index is 713. The molecule has 1 aromatic rings. The highest BCUT2D eigenvalue weighted by Gasteiger charge is 2.41. The number of nitrogens with two attached hydrogens (primary N) is 1. The Kier molecular flexibility index (Phi) is 6.51. The third kappa shape index (κ3) is 4.44. The van der Waals surface area contributed by atoms with Crippen molar-refractivity contribution < 1.29 is 9.53 Å². The molecule has 0 bridgehead atoms. The van der Waals surface area contributed by atoms with Crippen LogP contribution in [-0.2, 0) is 16.0 Å². The molecule has 28 heavy (non-hydrogen) atoms. The number of rotatable bonds is 5. The summed E-state index contributed by atoms with van der Waals surface area (Å²) in [5.74, 6) is 0.826. The van der Waals surface area contributed by atoms with E-state index in [9.17, 15) is 4.79 Å². The smallest absolute Gasteiger partial charge is 0.323 e. The van der Waals surface area contributed by atoms with Crippen LogP contribution in [0.4, 0.5) is 0 Å². The number of carbonyl (C=O) groups is 1. The average molecular weight is 387 g/mol. The summed E-state index contributed by atoms with van der Waals surface area (Å²) in [6.45, 7) is 14.9. The van der Waals surface area contributed by atoms with E-state index in [1.807, 2.05) is 13.8 Å². The molecule has 4 heteroatoms. The van der Waals surface area contributed by atoms with Gasteiger partial charge in [-0.3, -0.25) is 9.69 Å². The molecule has 1 fully saturated rings. The first-order valence-corrected chi connectivity index (χ1v) is 11.0. The van der Waals surface area contributed by atoms with Crippen molar-refractivity contribution in [2.24, 2.45) is 23.5 Å². The van der Waals surface area contributed by atoms with Gasteiger partial charge in [0, 0.05) is 31.5 Å². The fourth-order valence-electron chi connectivity index (χ4n) is 4.84. The van der Waals surface area contributed by atoms with Crippen molar-refractivity contribution in [2.45, 2.75) is 79.0 Å². The van der Waals surface area contributed by atoms with Crippen LogP contribution in [-0.4, -0.2) is 36.1 Å². The van der Waals surface area contributed by atoms with Crippen LogP contribution in [0.2, 0.25) is 0 Å². The lowest BCUT2D eigenvalue weighted by molar-refractivity contribution is -0.160. The summed E-state index contributed by atoms with van der Waals surface area (Å²) < 4.78 is 6.06. The highest BCUT2D eigenvalue weighted by molar-refractivity contribution is 5.76. The number of esters is 1. The number of hydrogen-bond donors (Lipinski definition) is 1. The van der Waals surface area contributed by atoms with E-state index < -0.39 is 6.04 Å². The number of piperidine rings is 1. The van der Waals surface area contributed by atoms with Crippen molar-refractivity contribution in [3.05, 3.63) is 34.4 Å². The van der Waals surface area contributed by atoms with E-state index in [0.717, 1.165) is 32.4 Å². The molecule has 4 atom stereocenters. The molecule has 1 saturated heterocycles. The Morgan fingerprint density at radius 1 is 1.21 bits per heavy atom. The third-order valence-corrected chi connectivity index (χ3v) is 6.71. The van der Waals surface area contributed by atoms with E-state index >= 15 is 0 Å². The highest BCUT2D eigenvalue weighted by atomic mass is 16.5. The van der Waals surface area contributed by atoms with Crippen LogP contribution in [0.3, 0.4) is 0 Å². The fourth-order valence-corrected chi connectivity index (χ4v) is 4.84. The molecule has 0 aliphatic carbocycles. The van der Waals surface area contributed by atoms with Gasteiger partial charge in [0.15, 0.2) is 0 Å². The number of carbonyl (C=O) groups excluding carboxylic acids is 1. The van der Waals surface area contributed by atoms with Gasteiger partial charge in [-0.2, -0.15) is 0 Å². The van der Waals surface area contributed by atoms with Crippen LogP contribution >= 0.6 is 0 Å². The van der Waals surface area contributed by atoms with Crippen molar-refractivity contribution in [3.8, 4) is 0 Å². The minimum Gasteiger partial charge on any atom is -0.461 e. The summed E-state index contributed by atoms with van der Waals surface area (Å²) in [6, 6.07) is 4.53. The van der Waals surface area contributed by atoms with Crippen LogP contribution in [0.5, 0.6) is 0 Å². The van der Waals surface area contributed by atoms with Gasteiger partial charge in [-0.15, -0.1) is 0 Å². The number of hydrogen-bond acceptors (Lipinski definition) is 4. The fraction of sp³-hybridized carbons (Fsp3) is 0.708. The lowest BCUT2D eigenvalue weighted by Gasteiger charge is -2.47. The van der Waals surface area contributed by atoms with E-state index in [1.165, 1.54) is 22.3 Å². The van der Waals surface area contributed by atoms with Gasteiger partial charge in [-0.05, 0) is 60.8 Å². The zero-order valence-electron chi connectivity index (χ0n) is 18.5. The van der Waals surface area contributed by atoms with Gasteiger partial charge in [-0.25, -0.2) is 0 Å². The monoisotopic (exact) mass is 386 g/mol. The van der Waals surface area contributed by atoms with Gasteiger partial charge in [0.1, 0.15) is 12.1 Å². The van der Waals surface area contributed by atoms with Crippen molar-refractivity contribution >= 4 is 5.97 Å². The molecule has 2 aliphatic heterocycles. The molecule has 0 aromatic heterocycles. The molecule has 4 nitrogen and oxygen atoms in total. The molecule has 2 heterocycles. The topological polar surface area (TPSA) is 55.6 Å². The minimum absolute atomic E-state index is 0.0477.